The van der Waals surface area contributed by atoms with E-state index in [1.54, 1.807) is 30.6 Å². The van der Waals surface area contributed by atoms with Crippen LogP contribution in [0.4, 0.5) is 0 Å². The minimum absolute atomic E-state index is 0.0103. The average molecular weight is 577 g/mol. The molecule has 7 nitrogen and oxygen atoms in total. The van der Waals surface area contributed by atoms with Crippen LogP contribution in [0.3, 0.4) is 0 Å². The second-order valence-corrected chi connectivity index (χ2v) is 13.0. The number of aromatic nitrogens is 1. The van der Waals surface area contributed by atoms with Gasteiger partial charge in [-0.3, -0.25) is 24.0 Å². The van der Waals surface area contributed by atoms with Crippen LogP contribution in [-0.2, 0) is 25.6 Å². The fraction of sp³-hybridized carbons (Fsp3) is 0.455. The van der Waals surface area contributed by atoms with E-state index in [0.29, 0.717) is 12.0 Å². The highest BCUT2D eigenvalue weighted by molar-refractivity contribution is 7.16. The Balaban J connectivity index is 1.62. The van der Waals surface area contributed by atoms with Gasteiger partial charge in [0.05, 0.1) is 27.7 Å². The zero-order valence-electron chi connectivity index (χ0n) is 24.7. The third kappa shape index (κ3) is 8.73. The Kier molecular flexibility index (Phi) is 10.8. The molecule has 0 spiro atoms. The Hall–Kier alpha value is -3.52. The van der Waals surface area contributed by atoms with Gasteiger partial charge in [0.25, 0.3) is 0 Å². The molecule has 0 unspecified atom stereocenters. The van der Waals surface area contributed by atoms with Crippen LogP contribution in [0, 0.1) is 23.2 Å². The number of Topliss-reactive ketones (excluding diaryl/α,β-unsaturated/α-hetero) is 4. The fourth-order valence-corrected chi connectivity index (χ4v) is 5.49. The lowest BCUT2D eigenvalue weighted by molar-refractivity contribution is -0.141. The van der Waals surface area contributed by atoms with Crippen LogP contribution in [0.15, 0.2) is 54.0 Å². The zero-order chi connectivity index (χ0) is 30.3. The molecule has 218 valence electrons. The first-order chi connectivity index (χ1) is 19.3. The van der Waals surface area contributed by atoms with Gasteiger partial charge in [0.2, 0.25) is 11.7 Å². The number of hydrogen-bond donors (Lipinski definition) is 1. The van der Waals surface area contributed by atoms with Crippen molar-refractivity contribution in [2.75, 3.05) is 0 Å². The first-order valence-corrected chi connectivity index (χ1v) is 15.0. The van der Waals surface area contributed by atoms with Crippen molar-refractivity contribution in [3.05, 3.63) is 65.2 Å². The van der Waals surface area contributed by atoms with E-state index >= 15 is 0 Å². The van der Waals surface area contributed by atoms with Gasteiger partial charge in [-0.05, 0) is 48.4 Å². The molecule has 0 radical (unpaired) electrons. The number of carbonyl (C=O) groups is 5. The number of nitrogens with one attached hydrogen (secondary N) is 1. The minimum atomic E-state index is -0.871. The second-order valence-electron chi connectivity index (χ2n) is 12.1. The molecule has 1 heterocycles. The summed E-state index contributed by atoms with van der Waals surface area (Å²) in [6.07, 6.45) is 0.401. The Labute approximate surface area is 246 Å². The predicted octanol–water partition coefficient (Wildman–Crippen LogP) is 6.04. The van der Waals surface area contributed by atoms with Crippen molar-refractivity contribution < 1.29 is 24.0 Å². The number of thiazole rings is 1. The fourth-order valence-electron chi connectivity index (χ4n) is 4.78. The van der Waals surface area contributed by atoms with Crippen LogP contribution in [-0.4, -0.2) is 40.1 Å². The molecule has 0 fully saturated rings. The summed E-state index contributed by atoms with van der Waals surface area (Å²) < 4.78 is 0.902. The highest BCUT2D eigenvalue weighted by Crippen LogP contribution is 2.31. The number of benzene rings is 2. The van der Waals surface area contributed by atoms with E-state index in [-0.39, 0.29) is 36.7 Å². The van der Waals surface area contributed by atoms with Crippen molar-refractivity contribution >= 4 is 50.6 Å². The summed E-state index contributed by atoms with van der Waals surface area (Å²) in [5.74, 6) is -3.55. The number of amides is 1. The van der Waals surface area contributed by atoms with Crippen molar-refractivity contribution in [3.8, 4) is 0 Å². The van der Waals surface area contributed by atoms with Crippen molar-refractivity contribution in [2.24, 2.45) is 23.2 Å². The molecule has 1 N–H and O–H groups in total. The average Bonchev–Trinajstić information content (AvgIpc) is 3.40. The molecule has 0 aliphatic carbocycles. The topological polar surface area (TPSA) is 110 Å². The molecule has 3 rings (SSSR count). The molecule has 1 amide bonds. The summed E-state index contributed by atoms with van der Waals surface area (Å²) in [5, 5.41) is 2.78. The van der Waals surface area contributed by atoms with Crippen LogP contribution in [0.25, 0.3) is 10.2 Å². The van der Waals surface area contributed by atoms with E-state index in [4.69, 9.17) is 0 Å². The van der Waals surface area contributed by atoms with Crippen LogP contribution in [0.2, 0.25) is 0 Å². The molecule has 8 heteroatoms. The van der Waals surface area contributed by atoms with Gasteiger partial charge >= 0.3 is 0 Å². The summed E-state index contributed by atoms with van der Waals surface area (Å²) in [7, 11) is 0. The van der Waals surface area contributed by atoms with Gasteiger partial charge in [0, 0.05) is 30.7 Å². The molecule has 1 aromatic heterocycles. The summed E-state index contributed by atoms with van der Waals surface area (Å²) in [6, 6.07) is 13.9. The summed E-state index contributed by atoms with van der Waals surface area (Å²) in [6.45, 7) is 10.9. The smallest absolute Gasteiger partial charge is 0.224 e. The molecule has 3 atom stereocenters. The number of carbonyl (C=O) groups excluding carboxylic acids is 5. The summed E-state index contributed by atoms with van der Waals surface area (Å²) in [5.41, 5.74) is 3.49. The van der Waals surface area contributed by atoms with E-state index in [2.05, 4.69) is 10.3 Å². The molecule has 3 aromatic rings. The highest BCUT2D eigenvalue weighted by atomic mass is 32.1. The monoisotopic (exact) mass is 576 g/mol. The standard InChI is InChI=1S/C33H40N2O5S/c1-20(2)24(31(39)27(36)15-12-22-10-8-7-9-11-22)17-28(37)21(3)35-32(40)25(33(4,5)6)18-29(38)23-13-14-26-30(16-23)41-19-34-26/h7-11,13-14,16,19-21,24-25H,12,15,17-18H2,1-6H3,(H,35,40)/t21-,24-,25+/m0/s1. The maximum absolute atomic E-state index is 13.4. The lowest BCUT2D eigenvalue weighted by Gasteiger charge is -2.30. The van der Waals surface area contributed by atoms with E-state index in [9.17, 15) is 24.0 Å². The SMILES string of the molecule is CC(C)[C@H](CC(=O)[C@H](C)NC(=O)[C@@H](CC(=O)c1ccc2ncsc2c1)C(C)(C)C)C(=O)C(=O)CCc1ccccc1. The lowest BCUT2D eigenvalue weighted by Crippen LogP contribution is -2.46. The molecule has 0 aliphatic rings. The number of aryl methyl sites for hydroxylation is 1. The number of fused-ring (bicyclic) bond motifs is 1. The van der Waals surface area contributed by atoms with Gasteiger partial charge in [-0.15, -0.1) is 11.3 Å². The van der Waals surface area contributed by atoms with Crippen LogP contribution in [0.5, 0.6) is 0 Å². The number of ketones is 4. The summed E-state index contributed by atoms with van der Waals surface area (Å²) in [4.78, 5) is 69.7. The maximum Gasteiger partial charge on any atom is 0.224 e. The van der Waals surface area contributed by atoms with Crippen molar-refractivity contribution in [1.82, 2.24) is 10.3 Å². The molecular weight excluding hydrogens is 536 g/mol. The minimum Gasteiger partial charge on any atom is -0.346 e. The molecule has 2 aromatic carbocycles. The number of nitrogens with zero attached hydrogens (tertiary/aromatic N) is 1. The Morgan fingerprint density at radius 3 is 2.24 bits per heavy atom. The zero-order valence-corrected chi connectivity index (χ0v) is 25.5. The Morgan fingerprint density at radius 1 is 0.927 bits per heavy atom. The first kappa shape index (κ1) is 32.0. The second kappa shape index (κ2) is 13.9. The third-order valence-corrected chi connectivity index (χ3v) is 8.36. The molecule has 0 saturated carbocycles. The molecule has 0 bridgehead atoms. The molecule has 0 saturated heterocycles. The van der Waals surface area contributed by atoms with Crippen LogP contribution < -0.4 is 5.32 Å². The van der Waals surface area contributed by atoms with Crippen LogP contribution in [0.1, 0.15) is 76.7 Å². The Morgan fingerprint density at radius 2 is 1.61 bits per heavy atom. The molecular formula is C33H40N2O5S. The first-order valence-electron chi connectivity index (χ1n) is 14.1. The predicted molar refractivity (Wildman–Crippen MR) is 162 cm³/mol. The van der Waals surface area contributed by atoms with Gasteiger partial charge in [0.15, 0.2) is 17.3 Å². The third-order valence-electron chi connectivity index (χ3n) is 7.57. The molecule has 0 aliphatic heterocycles. The normalized spacial score (nSPS) is 13.9. The van der Waals surface area contributed by atoms with Gasteiger partial charge in [-0.2, -0.15) is 0 Å². The number of hydrogen-bond acceptors (Lipinski definition) is 7. The van der Waals surface area contributed by atoms with Crippen molar-refractivity contribution in [1.29, 1.82) is 0 Å². The van der Waals surface area contributed by atoms with Gasteiger partial charge < -0.3 is 5.32 Å². The van der Waals surface area contributed by atoms with E-state index in [1.807, 2.05) is 65.0 Å². The van der Waals surface area contributed by atoms with E-state index in [0.717, 1.165) is 15.8 Å². The Bertz CT molecular complexity index is 1400. The van der Waals surface area contributed by atoms with Crippen LogP contribution >= 0.6 is 11.3 Å². The maximum atomic E-state index is 13.4. The van der Waals surface area contributed by atoms with Gasteiger partial charge in [-0.1, -0.05) is 65.0 Å². The summed E-state index contributed by atoms with van der Waals surface area (Å²) >= 11 is 1.45. The van der Waals surface area contributed by atoms with E-state index < -0.39 is 40.8 Å². The van der Waals surface area contributed by atoms with Crippen molar-refractivity contribution in [2.45, 2.75) is 73.3 Å². The van der Waals surface area contributed by atoms with Gasteiger partial charge in [0.1, 0.15) is 0 Å². The van der Waals surface area contributed by atoms with Crippen molar-refractivity contribution in [3.63, 3.8) is 0 Å². The van der Waals surface area contributed by atoms with E-state index in [1.165, 1.54) is 11.3 Å². The van der Waals surface area contributed by atoms with Gasteiger partial charge in [-0.25, -0.2) is 4.98 Å². The largest absolute Gasteiger partial charge is 0.346 e. The molecule has 41 heavy (non-hydrogen) atoms. The quantitative estimate of drug-likeness (QED) is 0.185. The highest BCUT2D eigenvalue weighted by Gasteiger charge is 2.36. The lowest BCUT2D eigenvalue weighted by atomic mass is 9.76. The number of rotatable bonds is 14.